The van der Waals surface area contributed by atoms with E-state index in [4.69, 9.17) is 0 Å². The lowest BCUT2D eigenvalue weighted by molar-refractivity contribution is -0.145. The highest BCUT2D eigenvalue weighted by molar-refractivity contribution is 4.67. The third kappa shape index (κ3) is 9.96. The minimum Gasteiger partial charge on any atom is -0.390 e. The van der Waals surface area contributed by atoms with Crippen molar-refractivity contribution in [2.45, 2.75) is 32.2 Å². The summed E-state index contributed by atoms with van der Waals surface area (Å²) in [5.41, 5.74) is 0. The lowest BCUT2D eigenvalue weighted by Gasteiger charge is -2.22. The number of nitrogens with zero attached hydrogens (tertiary/aromatic N) is 1. The van der Waals surface area contributed by atoms with Crippen LogP contribution in [-0.2, 0) is 0 Å². The van der Waals surface area contributed by atoms with Gasteiger partial charge in [0.25, 0.3) is 0 Å². The third-order valence-corrected chi connectivity index (χ3v) is 1.73. The van der Waals surface area contributed by atoms with Gasteiger partial charge in [-0.05, 0) is 7.05 Å². The number of aliphatic hydroxyl groups excluding tert-OH is 1. The Morgan fingerprint density at radius 1 is 1.33 bits per heavy atom. The Labute approximate surface area is 88.3 Å². The van der Waals surface area contributed by atoms with Gasteiger partial charge in [0.15, 0.2) is 0 Å². The number of aliphatic hydroxyl groups is 1. The summed E-state index contributed by atoms with van der Waals surface area (Å²) in [4.78, 5) is 1.06. The van der Waals surface area contributed by atoms with Crippen LogP contribution in [0.4, 0.5) is 13.2 Å². The maximum atomic E-state index is 11.9. The van der Waals surface area contributed by atoms with Gasteiger partial charge in [0.2, 0.25) is 0 Å². The number of likely N-dealkylation sites (N-methyl/N-ethyl adjacent to an activating group) is 1. The first kappa shape index (κ1) is 14.7. The molecule has 3 nitrogen and oxygen atoms in total. The van der Waals surface area contributed by atoms with Crippen molar-refractivity contribution in [3.8, 4) is 0 Å². The van der Waals surface area contributed by atoms with Crippen molar-refractivity contribution in [3.63, 3.8) is 0 Å². The summed E-state index contributed by atoms with van der Waals surface area (Å²) in [5.74, 6) is 0. The molecule has 0 aromatic rings. The fourth-order valence-electron chi connectivity index (χ4n) is 1.17. The molecule has 0 aliphatic carbocycles. The van der Waals surface area contributed by atoms with Crippen molar-refractivity contribution in [1.82, 2.24) is 10.2 Å². The molecule has 0 fully saturated rings. The van der Waals surface area contributed by atoms with E-state index >= 15 is 0 Å². The predicted octanol–water partition coefficient (Wildman–Crippen LogP) is 0.839. The summed E-state index contributed by atoms with van der Waals surface area (Å²) in [7, 11) is 1.34. The summed E-state index contributed by atoms with van der Waals surface area (Å²) < 4.78 is 35.8. The zero-order valence-electron chi connectivity index (χ0n) is 9.30. The number of rotatable bonds is 6. The molecule has 15 heavy (non-hydrogen) atoms. The third-order valence-electron chi connectivity index (χ3n) is 1.73. The van der Waals surface area contributed by atoms with Gasteiger partial charge in [-0.3, -0.25) is 4.90 Å². The van der Waals surface area contributed by atoms with Crippen molar-refractivity contribution < 1.29 is 18.3 Å². The first-order chi connectivity index (χ1) is 6.70. The van der Waals surface area contributed by atoms with Crippen LogP contribution in [0.2, 0.25) is 0 Å². The molecule has 0 bridgehead atoms. The van der Waals surface area contributed by atoms with Crippen LogP contribution in [-0.4, -0.2) is 55.0 Å². The lowest BCUT2D eigenvalue weighted by Crippen LogP contribution is -2.41. The summed E-state index contributed by atoms with van der Waals surface area (Å²) in [6.45, 7) is 3.14. The standard InChI is InChI=1S/C9H19F3N2O/c1-7(2)13-4-8(15)5-14(3)6-9(10,11)12/h7-8,13,15H,4-6H2,1-3H3. The van der Waals surface area contributed by atoms with E-state index in [-0.39, 0.29) is 12.6 Å². The predicted molar refractivity (Wildman–Crippen MR) is 52.7 cm³/mol. The lowest BCUT2D eigenvalue weighted by atomic mass is 10.3. The smallest absolute Gasteiger partial charge is 0.390 e. The van der Waals surface area contributed by atoms with Crippen LogP contribution in [0.3, 0.4) is 0 Å². The molecule has 0 amide bonds. The quantitative estimate of drug-likeness (QED) is 0.707. The SMILES string of the molecule is CC(C)NCC(O)CN(C)CC(F)(F)F. The van der Waals surface area contributed by atoms with Crippen LogP contribution in [0.25, 0.3) is 0 Å². The monoisotopic (exact) mass is 228 g/mol. The van der Waals surface area contributed by atoms with E-state index in [1.54, 1.807) is 0 Å². The van der Waals surface area contributed by atoms with Crippen LogP contribution in [0.1, 0.15) is 13.8 Å². The maximum Gasteiger partial charge on any atom is 0.401 e. The highest BCUT2D eigenvalue weighted by Crippen LogP contribution is 2.15. The zero-order chi connectivity index (χ0) is 12.1. The fourth-order valence-corrected chi connectivity index (χ4v) is 1.17. The topological polar surface area (TPSA) is 35.5 Å². The number of hydrogen-bond donors (Lipinski definition) is 2. The van der Waals surface area contributed by atoms with Crippen LogP contribution in [0.5, 0.6) is 0 Å². The minimum absolute atomic E-state index is 0.0131. The van der Waals surface area contributed by atoms with Gasteiger partial charge >= 0.3 is 6.18 Å². The number of halogens is 3. The van der Waals surface area contributed by atoms with E-state index in [1.165, 1.54) is 7.05 Å². The molecular formula is C9H19F3N2O. The highest BCUT2D eigenvalue weighted by atomic mass is 19.4. The first-order valence-corrected chi connectivity index (χ1v) is 4.87. The summed E-state index contributed by atoms with van der Waals surface area (Å²) >= 11 is 0. The molecule has 0 spiro atoms. The van der Waals surface area contributed by atoms with Crippen molar-refractivity contribution in [1.29, 1.82) is 0 Å². The second-order valence-corrected chi connectivity index (χ2v) is 4.03. The molecule has 0 aromatic carbocycles. The van der Waals surface area contributed by atoms with Crippen LogP contribution in [0, 0.1) is 0 Å². The van der Waals surface area contributed by atoms with E-state index < -0.39 is 18.8 Å². The number of hydrogen-bond acceptors (Lipinski definition) is 3. The average Bonchev–Trinajstić information content (AvgIpc) is 1.96. The molecule has 0 rings (SSSR count). The molecular weight excluding hydrogens is 209 g/mol. The fraction of sp³-hybridized carbons (Fsp3) is 1.00. The van der Waals surface area contributed by atoms with Gasteiger partial charge in [0, 0.05) is 19.1 Å². The van der Waals surface area contributed by atoms with Gasteiger partial charge in [-0.15, -0.1) is 0 Å². The molecule has 6 heteroatoms. The molecule has 92 valence electrons. The van der Waals surface area contributed by atoms with Crippen LogP contribution < -0.4 is 5.32 Å². The average molecular weight is 228 g/mol. The van der Waals surface area contributed by atoms with E-state index in [0.29, 0.717) is 6.54 Å². The minimum atomic E-state index is -4.21. The number of alkyl halides is 3. The molecule has 2 N–H and O–H groups in total. The molecule has 0 aliphatic rings. The second kappa shape index (κ2) is 6.30. The highest BCUT2D eigenvalue weighted by Gasteiger charge is 2.29. The van der Waals surface area contributed by atoms with Gasteiger partial charge in [-0.25, -0.2) is 0 Å². The molecule has 0 saturated carbocycles. The van der Waals surface area contributed by atoms with E-state index in [0.717, 1.165) is 4.90 Å². The Morgan fingerprint density at radius 2 is 1.87 bits per heavy atom. The van der Waals surface area contributed by atoms with Gasteiger partial charge in [-0.1, -0.05) is 13.8 Å². The van der Waals surface area contributed by atoms with Gasteiger partial charge in [0.1, 0.15) is 0 Å². The molecule has 0 saturated heterocycles. The van der Waals surface area contributed by atoms with E-state index in [9.17, 15) is 18.3 Å². The molecule has 0 heterocycles. The maximum absolute atomic E-state index is 11.9. The summed E-state index contributed by atoms with van der Waals surface area (Å²) in [6.07, 6.45) is -4.99. The van der Waals surface area contributed by atoms with Crippen molar-refractivity contribution >= 4 is 0 Å². The normalized spacial score (nSPS) is 15.0. The van der Waals surface area contributed by atoms with Gasteiger partial charge in [0.05, 0.1) is 12.6 Å². The van der Waals surface area contributed by atoms with Crippen molar-refractivity contribution in [3.05, 3.63) is 0 Å². The Morgan fingerprint density at radius 3 is 2.27 bits per heavy atom. The Kier molecular flexibility index (Phi) is 6.16. The Hall–Kier alpha value is -0.330. The first-order valence-electron chi connectivity index (χ1n) is 4.87. The second-order valence-electron chi connectivity index (χ2n) is 4.03. The van der Waals surface area contributed by atoms with Gasteiger partial charge < -0.3 is 10.4 Å². The van der Waals surface area contributed by atoms with Gasteiger partial charge in [-0.2, -0.15) is 13.2 Å². The van der Waals surface area contributed by atoms with Crippen molar-refractivity contribution in [2.24, 2.45) is 0 Å². The van der Waals surface area contributed by atoms with Crippen LogP contribution in [0.15, 0.2) is 0 Å². The van der Waals surface area contributed by atoms with E-state index in [2.05, 4.69) is 5.32 Å². The summed E-state index contributed by atoms with van der Waals surface area (Å²) in [6, 6.07) is 0.215. The largest absolute Gasteiger partial charge is 0.401 e. The molecule has 0 radical (unpaired) electrons. The molecule has 0 aromatic heterocycles. The van der Waals surface area contributed by atoms with Crippen LogP contribution >= 0.6 is 0 Å². The summed E-state index contributed by atoms with van der Waals surface area (Å²) in [5, 5.41) is 12.3. The number of nitrogens with one attached hydrogen (secondary N) is 1. The molecule has 1 unspecified atom stereocenters. The van der Waals surface area contributed by atoms with Crippen molar-refractivity contribution in [2.75, 3.05) is 26.7 Å². The Balaban J connectivity index is 3.71. The molecule has 1 atom stereocenters. The Bertz CT molecular complexity index is 173. The zero-order valence-corrected chi connectivity index (χ0v) is 9.30. The van der Waals surface area contributed by atoms with E-state index in [1.807, 2.05) is 13.8 Å². The molecule has 0 aliphatic heterocycles.